The summed E-state index contributed by atoms with van der Waals surface area (Å²) >= 11 is 5.63. The maximum absolute atomic E-state index is 12.3. The van der Waals surface area contributed by atoms with E-state index in [-0.39, 0.29) is 12.5 Å². The van der Waals surface area contributed by atoms with Crippen molar-refractivity contribution in [3.63, 3.8) is 0 Å². The van der Waals surface area contributed by atoms with Crippen molar-refractivity contribution in [2.45, 2.75) is 13.8 Å². The van der Waals surface area contributed by atoms with Crippen LogP contribution in [0.15, 0.2) is 42.5 Å². The predicted octanol–water partition coefficient (Wildman–Crippen LogP) is 3.42. The van der Waals surface area contributed by atoms with Crippen molar-refractivity contribution in [3.8, 4) is 11.5 Å². The number of morpholine rings is 1. The molecule has 1 fully saturated rings. The Balaban J connectivity index is 1.66. The minimum atomic E-state index is -0.227. The van der Waals surface area contributed by atoms with Crippen molar-refractivity contribution in [2.75, 3.05) is 44.8 Å². The lowest BCUT2D eigenvalue weighted by Crippen LogP contribution is -2.40. The van der Waals surface area contributed by atoms with E-state index < -0.39 is 0 Å². The lowest BCUT2D eigenvalue weighted by molar-refractivity contribution is -0.118. The van der Waals surface area contributed by atoms with E-state index in [1.165, 1.54) is 0 Å². The average Bonchev–Trinajstić information content (AvgIpc) is 2.75. The molecule has 0 saturated carbocycles. The van der Waals surface area contributed by atoms with Crippen LogP contribution in [-0.4, -0.2) is 55.3 Å². The van der Waals surface area contributed by atoms with Gasteiger partial charge in [0.15, 0.2) is 18.1 Å². The van der Waals surface area contributed by atoms with Gasteiger partial charge < -0.3 is 24.4 Å². The molecule has 154 valence electrons. The van der Waals surface area contributed by atoms with E-state index in [0.29, 0.717) is 31.3 Å². The third kappa shape index (κ3) is 5.68. The number of hydrogen-bond acceptors (Lipinski definition) is 5. The molecule has 1 aliphatic heterocycles. The van der Waals surface area contributed by atoms with E-state index in [2.05, 4.69) is 10.2 Å². The van der Waals surface area contributed by atoms with Crippen LogP contribution in [0.3, 0.4) is 0 Å². The molecule has 0 aromatic heterocycles. The second-order valence-electron chi connectivity index (χ2n) is 6.65. The van der Waals surface area contributed by atoms with E-state index in [9.17, 15) is 4.79 Å². The molecular weight excluding hydrogens is 388 g/mol. The summed E-state index contributed by atoms with van der Waals surface area (Å²) in [5.74, 6) is 0.860. The molecule has 1 heterocycles. The normalized spacial score (nSPS) is 13.7. The Morgan fingerprint density at radius 3 is 2.62 bits per heavy atom. The van der Waals surface area contributed by atoms with Crippen molar-refractivity contribution in [1.29, 1.82) is 0 Å². The van der Waals surface area contributed by atoms with Gasteiger partial charge in [-0.25, -0.2) is 0 Å². The molecule has 0 spiro atoms. The fourth-order valence-electron chi connectivity index (χ4n) is 3.02. The number of ether oxygens (including phenoxy) is 3. The zero-order valence-electron chi connectivity index (χ0n) is 16.8. The van der Waals surface area contributed by atoms with E-state index >= 15 is 0 Å². The molecule has 0 unspecified atom stereocenters. The molecule has 29 heavy (non-hydrogen) atoms. The smallest absolute Gasteiger partial charge is 0.262 e. The van der Waals surface area contributed by atoms with Crippen molar-refractivity contribution in [1.82, 2.24) is 4.90 Å². The van der Waals surface area contributed by atoms with Crippen LogP contribution in [0.2, 0.25) is 0 Å². The predicted molar refractivity (Wildman–Crippen MR) is 117 cm³/mol. The molecule has 2 aromatic rings. The summed E-state index contributed by atoms with van der Waals surface area (Å²) in [6.07, 6.45) is 0. The van der Waals surface area contributed by atoms with Crippen molar-refractivity contribution in [2.24, 2.45) is 0 Å². The van der Waals surface area contributed by atoms with Gasteiger partial charge in [-0.3, -0.25) is 4.79 Å². The topological polar surface area (TPSA) is 60.0 Å². The van der Waals surface area contributed by atoms with Gasteiger partial charge in [-0.05, 0) is 43.7 Å². The van der Waals surface area contributed by atoms with Gasteiger partial charge in [0.1, 0.15) is 4.99 Å². The lowest BCUT2D eigenvalue weighted by atomic mass is 10.1. The molecule has 0 atom stereocenters. The molecule has 1 aliphatic rings. The van der Waals surface area contributed by atoms with Crippen molar-refractivity contribution in [3.05, 3.63) is 53.6 Å². The highest BCUT2D eigenvalue weighted by Gasteiger charge is 2.17. The van der Waals surface area contributed by atoms with Crippen LogP contribution in [0.4, 0.5) is 5.69 Å². The fraction of sp³-hybridized carbons (Fsp3) is 0.364. The van der Waals surface area contributed by atoms with Crippen LogP contribution in [-0.2, 0) is 9.53 Å². The number of rotatable bonds is 7. The summed E-state index contributed by atoms with van der Waals surface area (Å²) in [5, 5.41) is 2.86. The number of aryl methyl sites for hydroxylation is 1. The SMILES string of the molecule is CCOc1cc(C(=S)N2CCOCC2)ccc1OCC(=O)Nc1ccccc1C. The van der Waals surface area contributed by atoms with Crippen LogP contribution in [0.25, 0.3) is 0 Å². The quantitative estimate of drug-likeness (QED) is 0.701. The molecule has 7 heteroatoms. The zero-order valence-corrected chi connectivity index (χ0v) is 17.6. The highest BCUT2D eigenvalue weighted by molar-refractivity contribution is 7.80. The zero-order chi connectivity index (χ0) is 20.6. The summed E-state index contributed by atoms with van der Waals surface area (Å²) in [7, 11) is 0. The van der Waals surface area contributed by atoms with E-state index in [1.54, 1.807) is 6.07 Å². The van der Waals surface area contributed by atoms with Gasteiger partial charge in [0.25, 0.3) is 5.91 Å². The highest BCUT2D eigenvalue weighted by Crippen LogP contribution is 2.29. The van der Waals surface area contributed by atoms with Gasteiger partial charge in [-0.1, -0.05) is 30.4 Å². The molecule has 2 aromatic carbocycles. The van der Waals surface area contributed by atoms with Crippen LogP contribution < -0.4 is 14.8 Å². The summed E-state index contributed by atoms with van der Waals surface area (Å²) in [6.45, 7) is 7.13. The van der Waals surface area contributed by atoms with Crippen molar-refractivity contribution >= 4 is 28.8 Å². The van der Waals surface area contributed by atoms with Crippen LogP contribution in [0.5, 0.6) is 11.5 Å². The standard InChI is InChI=1S/C22H26N2O4S/c1-3-27-20-14-17(22(29)24-10-12-26-13-11-24)8-9-19(20)28-15-21(25)23-18-7-5-4-6-16(18)2/h4-9,14H,3,10-13,15H2,1-2H3,(H,23,25). The Bertz CT molecular complexity index is 866. The second-order valence-corrected chi connectivity index (χ2v) is 7.04. The van der Waals surface area contributed by atoms with Crippen LogP contribution in [0.1, 0.15) is 18.1 Å². The minimum absolute atomic E-state index is 0.109. The first-order valence-electron chi connectivity index (χ1n) is 9.70. The number of nitrogens with zero attached hydrogens (tertiary/aromatic N) is 1. The van der Waals surface area contributed by atoms with E-state index in [4.69, 9.17) is 26.4 Å². The van der Waals surface area contributed by atoms with E-state index in [1.807, 2.05) is 50.2 Å². The third-order valence-corrected chi connectivity index (χ3v) is 5.06. The third-order valence-electron chi connectivity index (χ3n) is 4.57. The summed E-state index contributed by atoms with van der Waals surface area (Å²) in [6, 6.07) is 13.2. The van der Waals surface area contributed by atoms with Gasteiger partial charge in [0.05, 0.1) is 19.8 Å². The molecule has 1 amide bonds. The molecule has 0 aliphatic carbocycles. The maximum atomic E-state index is 12.3. The van der Waals surface area contributed by atoms with Gasteiger partial charge in [0, 0.05) is 24.3 Å². The fourth-order valence-corrected chi connectivity index (χ4v) is 3.33. The monoisotopic (exact) mass is 414 g/mol. The molecule has 3 rings (SSSR count). The van der Waals surface area contributed by atoms with Crippen molar-refractivity contribution < 1.29 is 19.0 Å². The Kier molecular flexibility index (Phi) is 7.43. The first kappa shape index (κ1) is 21.1. The summed E-state index contributed by atoms with van der Waals surface area (Å²) in [5.41, 5.74) is 2.66. The minimum Gasteiger partial charge on any atom is -0.490 e. The number of hydrogen-bond donors (Lipinski definition) is 1. The Hall–Kier alpha value is -2.64. The number of nitrogens with one attached hydrogen (secondary N) is 1. The Labute approximate surface area is 176 Å². The second kappa shape index (κ2) is 10.2. The molecular formula is C22H26N2O4S. The maximum Gasteiger partial charge on any atom is 0.262 e. The van der Waals surface area contributed by atoms with Gasteiger partial charge >= 0.3 is 0 Å². The number of carbonyl (C=O) groups is 1. The summed E-state index contributed by atoms with van der Waals surface area (Å²) in [4.78, 5) is 15.2. The number of para-hydroxylation sites is 1. The number of amides is 1. The number of thiocarbonyl (C=S) groups is 1. The molecule has 6 nitrogen and oxygen atoms in total. The highest BCUT2D eigenvalue weighted by atomic mass is 32.1. The first-order chi connectivity index (χ1) is 14.1. The molecule has 1 saturated heterocycles. The average molecular weight is 415 g/mol. The number of anilines is 1. The number of carbonyl (C=O) groups excluding carboxylic acids is 1. The largest absolute Gasteiger partial charge is 0.490 e. The van der Waals surface area contributed by atoms with Gasteiger partial charge in [0.2, 0.25) is 0 Å². The molecule has 1 N–H and O–H groups in total. The van der Waals surface area contributed by atoms with Crippen LogP contribution >= 0.6 is 12.2 Å². The Morgan fingerprint density at radius 2 is 1.90 bits per heavy atom. The first-order valence-corrected chi connectivity index (χ1v) is 10.1. The van der Waals surface area contributed by atoms with Crippen LogP contribution in [0, 0.1) is 6.92 Å². The molecule has 0 radical (unpaired) electrons. The Morgan fingerprint density at radius 1 is 1.14 bits per heavy atom. The van der Waals surface area contributed by atoms with E-state index in [0.717, 1.165) is 34.9 Å². The number of benzene rings is 2. The van der Waals surface area contributed by atoms with Gasteiger partial charge in [-0.15, -0.1) is 0 Å². The summed E-state index contributed by atoms with van der Waals surface area (Å²) < 4.78 is 16.8. The van der Waals surface area contributed by atoms with Gasteiger partial charge in [-0.2, -0.15) is 0 Å². The lowest BCUT2D eigenvalue weighted by Gasteiger charge is -2.29. The molecule has 0 bridgehead atoms.